The molecule has 7 heteroatoms. The molecular weight excluding hydrogens is 282 g/mol. The lowest BCUT2D eigenvalue weighted by atomic mass is 10.1. The maximum Gasteiger partial charge on any atom is 0.345 e. The predicted octanol–water partition coefficient (Wildman–Crippen LogP) is 2.40. The van der Waals surface area contributed by atoms with E-state index in [1.165, 1.54) is 36.4 Å². The second-order valence-electron chi connectivity index (χ2n) is 3.81. The lowest BCUT2D eigenvalue weighted by molar-refractivity contribution is 0.0688. The largest absolute Gasteiger partial charge is 0.478 e. The van der Waals surface area contributed by atoms with Gasteiger partial charge in [-0.05, 0) is 36.4 Å². The van der Waals surface area contributed by atoms with Crippen molar-refractivity contribution in [3.8, 4) is 0 Å². The Kier molecular flexibility index (Phi) is 3.81. The van der Waals surface area contributed by atoms with Crippen molar-refractivity contribution in [3.63, 3.8) is 0 Å². The SMILES string of the molecule is O=C(O)c1ccc(C(=O)Nc2ccc(C(=O)O)s2)cc1. The third kappa shape index (κ3) is 3.01. The molecule has 102 valence electrons. The number of rotatable bonds is 4. The van der Waals surface area contributed by atoms with Crippen molar-refractivity contribution in [2.24, 2.45) is 0 Å². The van der Waals surface area contributed by atoms with Crippen LogP contribution in [0.3, 0.4) is 0 Å². The van der Waals surface area contributed by atoms with E-state index in [9.17, 15) is 14.4 Å². The molecule has 0 aliphatic heterocycles. The molecule has 2 aromatic rings. The summed E-state index contributed by atoms with van der Waals surface area (Å²) < 4.78 is 0. The number of carbonyl (C=O) groups is 3. The minimum absolute atomic E-state index is 0.0887. The third-order valence-corrected chi connectivity index (χ3v) is 3.44. The molecule has 1 aromatic carbocycles. The predicted molar refractivity (Wildman–Crippen MR) is 72.6 cm³/mol. The minimum atomic E-state index is -1.07. The number of amides is 1. The Hall–Kier alpha value is -2.67. The van der Waals surface area contributed by atoms with Crippen molar-refractivity contribution in [1.82, 2.24) is 0 Å². The molecule has 6 nitrogen and oxygen atoms in total. The highest BCUT2D eigenvalue weighted by Crippen LogP contribution is 2.22. The Labute approximate surface area is 117 Å². The smallest absolute Gasteiger partial charge is 0.345 e. The summed E-state index contributed by atoms with van der Waals surface area (Å²) in [5.74, 6) is -2.55. The summed E-state index contributed by atoms with van der Waals surface area (Å²) in [5.41, 5.74) is 0.381. The number of thiophene rings is 1. The van der Waals surface area contributed by atoms with Crippen LogP contribution in [0.4, 0.5) is 5.00 Å². The number of aromatic carboxylic acids is 2. The van der Waals surface area contributed by atoms with Crippen molar-refractivity contribution in [2.45, 2.75) is 0 Å². The second kappa shape index (κ2) is 5.54. The fraction of sp³-hybridized carbons (Fsp3) is 0. The number of benzene rings is 1. The van der Waals surface area contributed by atoms with E-state index >= 15 is 0 Å². The zero-order chi connectivity index (χ0) is 14.7. The van der Waals surface area contributed by atoms with Gasteiger partial charge in [0.25, 0.3) is 5.91 Å². The van der Waals surface area contributed by atoms with E-state index in [4.69, 9.17) is 10.2 Å². The Morgan fingerprint density at radius 3 is 1.95 bits per heavy atom. The highest BCUT2D eigenvalue weighted by molar-refractivity contribution is 7.18. The molecule has 1 amide bonds. The molecule has 2 rings (SSSR count). The topological polar surface area (TPSA) is 104 Å². The van der Waals surface area contributed by atoms with Gasteiger partial charge < -0.3 is 15.5 Å². The minimum Gasteiger partial charge on any atom is -0.478 e. The van der Waals surface area contributed by atoms with Crippen LogP contribution < -0.4 is 5.32 Å². The van der Waals surface area contributed by atoms with Crippen LogP contribution in [0.1, 0.15) is 30.4 Å². The number of nitrogens with one attached hydrogen (secondary N) is 1. The average Bonchev–Trinajstić information content (AvgIpc) is 2.87. The summed E-state index contributed by atoms with van der Waals surface area (Å²) in [6, 6.07) is 8.34. The number of carbonyl (C=O) groups excluding carboxylic acids is 1. The molecule has 0 atom stereocenters. The van der Waals surface area contributed by atoms with Gasteiger partial charge in [0.05, 0.1) is 10.6 Å². The van der Waals surface area contributed by atoms with Crippen molar-refractivity contribution in [1.29, 1.82) is 0 Å². The van der Waals surface area contributed by atoms with E-state index in [1.54, 1.807) is 0 Å². The summed E-state index contributed by atoms with van der Waals surface area (Å²) in [4.78, 5) is 33.4. The molecular formula is C13H9NO5S. The fourth-order valence-corrected chi connectivity index (χ4v) is 2.21. The normalized spacial score (nSPS) is 10.0. The summed E-state index contributed by atoms with van der Waals surface area (Å²) in [6.07, 6.45) is 0. The zero-order valence-electron chi connectivity index (χ0n) is 9.99. The first-order chi connectivity index (χ1) is 9.47. The maximum absolute atomic E-state index is 11.9. The van der Waals surface area contributed by atoms with Gasteiger partial charge >= 0.3 is 11.9 Å². The van der Waals surface area contributed by atoms with Crippen molar-refractivity contribution < 1.29 is 24.6 Å². The summed E-state index contributed by atoms with van der Waals surface area (Å²) in [6.45, 7) is 0. The van der Waals surface area contributed by atoms with E-state index < -0.39 is 17.8 Å². The molecule has 0 bridgehead atoms. The molecule has 0 aliphatic rings. The lowest BCUT2D eigenvalue weighted by Gasteiger charge is -2.02. The summed E-state index contributed by atoms with van der Waals surface area (Å²) in [5, 5.41) is 20.5. The number of anilines is 1. The average molecular weight is 291 g/mol. The van der Waals surface area contributed by atoms with Gasteiger partial charge in [0.15, 0.2) is 0 Å². The van der Waals surface area contributed by atoms with Gasteiger partial charge in [0.1, 0.15) is 4.88 Å². The van der Waals surface area contributed by atoms with Crippen molar-refractivity contribution >= 4 is 34.2 Å². The van der Waals surface area contributed by atoms with Crippen LogP contribution >= 0.6 is 11.3 Å². The summed E-state index contributed by atoms with van der Waals surface area (Å²) >= 11 is 0.946. The molecule has 0 spiro atoms. The van der Waals surface area contributed by atoms with Crippen LogP contribution in [-0.4, -0.2) is 28.1 Å². The van der Waals surface area contributed by atoms with Gasteiger partial charge in [0.2, 0.25) is 0 Å². The van der Waals surface area contributed by atoms with Gasteiger partial charge in [-0.2, -0.15) is 0 Å². The number of hydrogen-bond donors (Lipinski definition) is 3. The Balaban J connectivity index is 2.11. The van der Waals surface area contributed by atoms with Gasteiger partial charge in [-0.25, -0.2) is 9.59 Å². The monoisotopic (exact) mass is 291 g/mol. The number of carboxylic acid groups (broad SMARTS) is 2. The molecule has 0 fully saturated rings. The molecule has 20 heavy (non-hydrogen) atoms. The molecule has 0 aliphatic carbocycles. The van der Waals surface area contributed by atoms with Crippen LogP contribution in [0.15, 0.2) is 36.4 Å². The molecule has 0 radical (unpaired) electrons. The zero-order valence-corrected chi connectivity index (χ0v) is 10.8. The molecule has 1 heterocycles. The van der Waals surface area contributed by atoms with Crippen LogP contribution in [0.25, 0.3) is 0 Å². The molecule has 0 saturated heterocycles. The van der Waals surface area contributed by atoms with Crippen LogP contribution in [0, 0.1) is 0 Å². The molecule has 3 N–H and O–H groups in total. The van der Waals surface area contributed by atoms with Crippen LogP contribution in [0.5, 0.6) is 0 Å². The maximum atomic E-state index is 11.9. The fourth-order valence-electron chi connectivity index (χ4n) is 1.47. The van der Waals surface area contributed by atoms with Gasteiger partial charge in [-0.1, -0.05) is 0 Å². The van der Waals surface area contributed by atoms with E-state index in [2.05, 4.69) is 5.32 Å². The Morgan fingerprint density at radius 1 is 0.850 bits per heavy atom. The molecule has 0 saturated carbocycles. The van der Waals surface area contributed by atoms with Gasteiger partial charge in [-0.3, -0.25) is 4.79 Å². The molecule has 0 unspecified atom stereocenters. The highest BCUT2D eigenvalue weighted by Gasteiger charge is 2.11. The van der Waals surface area contributed by atoms with Gasteiger partial charge in [-0.15, -0.1) is 11.3 Å². The van der Waals surface area contributed by atoms with Crippen molar-refractivity contribution in [3.05, 3.63) is 52.4 Å². The lowest BCUT2D eigenvalue weighted by Crippen LogP contribution is -2.11. The highest BCUT2D eigenvalue weighted by atomic mass is 32.1. The van der Waals surface area contributed by atoms with Crippen LogP contribution in [-0.2, 0) is 0 Å². The van der Waals surface area contributed by atoms with E-state index in [0.29, 0.717) is 10.6 Å². The van der Waals surface area contributed by atoms with E-state index in [-0.39, 0.29) is 10.4 Å². The second-order valence-corrected chi connectivity index (χ2v) is 4.89. The summed E-state index contributed by atoms with van der Waals surface area (Å²) in [7, 11) is 0. The Morgan fingerprint density at radius 2 is 1.45 bits per heavy atom. The molecule has 1 aromatic heterocycles. The number of hydrogen-bond acceptors (Lipinski definition) is 4. The van der Waals surface area contributed by atoms with E-state index in [1.807, 2.05) is 0 Å². The first kappa shape index (κ1) is 13.8. The first-order valence-electron chi connectivity index (χ1n) is 5.45. The first-order valence-corrected chi connectivity index (χ1v) is 6.27. The standard InChI is InChI=1S/C13H9NO5S/c15-11(7-1-3-8(4-2-7)12(16)17)14-10-6-5-9(20-10)13(18)19/h1-6H,(H,14,15)(H,16,17)(H,18,19). The van der Waals surface area contributed by atoms with Gasteiger partial charge in [0, 0.05) is 5.56 Å². The van der Waals surface area contributed by atoms with Crippen LogP contribution in [0.2, 0.25) is 0 Å². The van der Waals surface area contributed by atoms with E-state index in [0.717, 1.165) is 11.3 Å². The van der Waals surface area contributed by atoms with Crippen molar-refractivity contribution in [2.75, 3.05) is 5.32 Å². The third-order valence-electron chi connectivity index (χ3n) is 2.45. The Bertz CT molecular complexity index is 674. The quantitative estimate of drug-likeness (QED) is 0.802. The number of carboxylic acids is 2.